The molecule has 0 amide bonds. The van der Waals surface area contributed by atoms with Crippen LogP contribution in [0.2, 0.25) is 0 Å². The van der Waals surface area contributed by atoms with Gasteiger partial charge in [-0.2, -0.15) is 0 Å². The molecule has 3 aromatic rings. The van der Waals surface area contributed by atoms with Crippen molar-refractivity contribution in [3.8, 4) is 11.8 Å². The highest BCUT2D eigenvalue weighted by molar-refractivity contribution is 5.90. The van der Waals surface area contributed by atoms with Gasteiger partial charge >= 0.3 is 11.9 Å². The van der Waals surface area contributed by atoms with Crippen molar-refractivity contribution < 1.29 is 28.6 Å². The van der Waals surface area contributed by atoms with Crippen LogP contribution >= 0.6 is 0 Å². The fourth-order valence-corrected chi connectivity index (χ4v) is 5.78. The Bertz CT molecular complexity index is 1470. The van der Waals surface area contributed by atoms with Gasteiger partial charge in [0.15, 0.2) is 0 Å². The summed E-state index contributed by atoms with van der Waals surface area (Å²) in [5, 5.41) is 7.95. The number of hydrogen-bond acceptors (Lipinski definition) is 6. The van der Waals surface area contributed by atoms with Crippen molar-refractivity contribution in [3.05, 3.63) is 82.6 Å². The van der Waals surface area contributed by atoms with Gasteiger partial charge < -0.3 is 19.0 Å². The highest BCUT2D eigenvalue weighted by atomic mass is 16.6. The normalized spacial score (nSPS) is 16.0. The number of carbonyl (C=O) groups is 2. The van der Waals surface area contributed by atoms with E-state index in [-0.39, 0.29) is 24.5 Å². The van der Waals surface area contributed by atoms with E-state index in [2.05, 4.69) is 64.7 Å². The molecule has 4 rings (SSSR count). The number of allylic oxidation sites excluding steroid dienone is 1. The van der Waals surface area contributed by atoms with Crippen LogP contribution in [0.25, 0.3) is 11.0 Å². The molecule has 1 fully saturated rings. The SMILES string of the molecule is CCC(Cc1cc2cc(C#Cc3ccc(C)cc3)ccc2o1)C(=O)OCC1C/C(=C\CC(CC(C)C)CC(C)C)C(=O)O1.CO. The molecule has 2 aromatic carbocycles. The summed E-state index contributed by atoms with van der Waals surface area (Å²) >= 11 is 0. The molecule has 0 bridgehead atoms. The molecule has 0 radical (unpaired) electrons. The van der Waals surface area contributed by atoms with Crippen molar-refractivity contribution in [1.82, 2.24) is 0 Å². The van der Waals surface area contributed by atoms with Crippen LogP contribution in [0.5, 0.6) is 0 Å². The molecule has 2 heterocycles. The molecule has 1 aromatic heterocycles. The van der Waals surface area contributed by atoms with Gasteiger partial charge in [0.25, 0.3) is 0 Å². The summed E-state index contributed by atoms with van der Waals surface area (Å²) in [5.74, 6) is 8.04. The number of fused-ring (bicyclic) bond motifs is 1. The summed E-state index contributed by atoms with van der Waals surface area (Å²) < 4.78 is 17.2. The Hall–Kier alpha value is -3.82. The van der Waals surface area contributed by atoms with Crippen molar-refractivity contribution in [2.45, 2.75) is 86.2 Å². The van der Waals surface area contributed by atoms with E-state index in [1.165, 1.54) is 5.56 Å². The van der Waals surface area contributed by atoms with Crippen LogP contribution in [0.4, 0.5) is 0 Å². The minimum atomic E-state index is -0.431. The van der Waals surface area contributed by atoms with E-state index in [0.717, 1.165) is 54.2 Å². The van der Waals surface area contributed by atoms with E-state index < -0.39 is 6.10 Å². The number of carbonyl (C=O) groups excluding carboxylic acids is 2. The molecule has 1 saturated heterocycles. The molecular formula is C39H50O6. The zero-order valence-electron chi connectivity index (χ0n) is 28.0. The predicted octanol–water partition coefficient (Wildman–Crippen LogP) is 8.20. The topological polar surface area (TPSA) is 86.0 Å². The first-order chi connectivity index (χ1) is 21.6. The Morgan fingerprint density at radius 3 is 2.29 bits per heavy atom. The third-order valence-electron chi connectivity index (χ3n) is 7.95. The molecule has 1 aliphatic rings. The number of furan rings is 1. The van der Waals surface area contributed by atoms with Crippen molar-refractivity contribution >= 4 is 22.9 Å². The van der Waals surface area contributed by atoms with Crippen LogP contribution < -0.4 is 0 Å². The molecule has 1 N–H and O–H groups in total. The van der Waals surface area contributed by atoms with E-state index in [9.17, 15) is 9.59 Å². The van der Waals surface area contributed by atoms with Crippen LogP contribution in [-0.2, 0) is 25.5 Å². The van der Waals surface area contributed by atoms with Gasteiger partial charge in [0.1, 0.15) is 24.1 Å². The lowest BCUT2D eigenvalue weighted by Gasteiger charge is -2.19. The van der Waals surface area contributed by atoms with Gasteiger partial charge in [-0.1, -0.05) is 70.2 Å². The van der Waals surface area contributed by atoms with Crippen LogP contribution in [0.3, 0.4) is 0 Å². The first kappa shape index (κ1) is 35.7. The number of cyclic esters (lactones) is 1. The first-order valence-corrected chi connectivity index (χ1v) is 16.2. The first-order valence-electron chi connectivity index (χ1n) is 16.2. The van der Waals surface area contributed by atoms with Gasteiger partial charge in [-0.25, -0.2) is 4.79 Å². The minimum Gasteiger partial charge on any atom is -0.462 e. The van der Waals surface area contributed by atoms with Crippen LogP contribution in [-0.4, -0.2) is 36.9 Å². The molecule has 242 valence electrons. The highest BCUT2D eigenvalue weighted by Gasteiger charge is 2.31. The highest BCUT2D eigenvalue weighted by Crippen LogP contribution is 2.28. The Morgan fingerprint density at radius 1 is 1.00 bits per heavy atom. The smallest absolute Gasteiger partial charge is 0.334 e. The molecule has 6 nitrogen and oxygen atoms in total. The van der Waals surface area contributed by atoms with Gasteiger partial charge in [0.2, 0.25) is 0 Å². The summed E-state index contributed by atoms with van der Waals surface area (Å²) in [6.45, 7) is 13.1. The number of aliphatic hydroxyl groups is 1. The van der Waals surface area contributed by atoms with Gasteiger partial charge in [-0.15, -0.1) is 0 Å². The quantitative estimate of drug-likeness (QED) is 0.126. The largest absolute Gasteiger partial charge is 0.462 e. The molecule has 2 atom stereocenters. The van der Waals surface area contributed by atoms with E-state index in [4.69, 9.17) is 19.0 Å². The predicted molar refractivity (Wildman–Crippen MR) is 180 cm³/mol. The molecule has 0 aliphatic carbocycles. The molecule has 0 spiro atoms. The number of ether oxygens (including phenoxy) is 2. The zero-order valence-corrected chi connectivity index (χ0v) is 28.0. The second-order valence-electron chi connectivity index (χ2n) is 12.8. The average Bonchev–Trinajstić information content (AvgIpc) is 3.59. The van der Waals surface area contributed by atoms with E-state index in [0.29, 0.717) is 42.6 Å². The standard InChI is InChI=1S/C38H46O5.CH4O/c1-7-31(21-34-23-33-20-29(15-17-36(33)42-34)13-12-28-10-8-27(6)9-11-28)37(39)41-24-35-22-32(38(40)43-35)16-14-30(18-25(2)3)19-26(4)5;1-2/h8-11,15-17,20,23,25-26,30-31,35H,7,14,18-19,21-22,24H2,1-6H3;2H,1H3/b32-16+;. The van der Waals surface area contributed by atoms with Crippen LogP contribution in [0, 0.1) is 42.4 Å². The van der Waals surface area contributed by atoms with Crippen molar-refractivity contribution in [2.24, 2.45) is 23.7 Å². The van der Waals surface area contributed by atoms with Gasteiger partial charge in [-0.05, 0) is 86.8 Å². The maximum Gasteiger partial charge on any atom is 0.334 e. The molecule has 0 saturated carbocycles. The number of benzene rings is 2. The van der Waals surface area contributed by atoms with E-state index in [1.54, 1.807) is 0 Å². The minimum absolute atomic E-state index is 0.0724. The fraction of sp³-hybridized carbons (Fsp3) is 0.487. The lowest BCUT2D eigenvalue weighted by atomic mass is 9.86. The van der Waals surface area contributed by atoms with Gasteiger partial charge in [0.05, 0.1) is 5.92 Å². The number of esters is 2. The Balaban J connectivity index is 0.00000271. The third kappa shape index (κ3) is 11.2. The summed E-state index contributed by atoms with van der Waals surface area (Å²) in [6.07, 6.45) is 6.33. The third-order valence-corrected chi connectivity index (χ3v) is 7.95. The molecule has 6 heteroatoms. The fourth-order valence-electron chi connectivity index (χ4n) is 5.78. The summed E-state index contributed by atoms with van der Waals surface area (Å²) in [7, 11) is 1.00. The second-order valence-corrected chi connectivity index (χ2v) is 12.8. The summed E-state index contributed by atoms with van der Waals surface area (Å²) in [5.41, 5.74) is 4.55. The van der Waals surface area contributed by atoms with E-state index >= 15 is 0 Å². The molecule has 45 heavy (non-hydrogen) atoms. The summed E-state index contributed by atoms with van der Waals surface area (Å²) in [4.78, 5) is 25.5. The molecular weight excluding hydrogens is 564 g/mol. The number of aliphatic hydroxyl groups excluding tert-OH is 1. The molecule has 1 aliphatic heterocycles. The maximum atomic E-state index is 13.0. The van der Waals surface area contributed by atoms with Crippen LogP contribution in [0.15, 0.2) is 64.6 Å². The molecule has 2 unspecified atom stereocenters. The Morgan fingerprint density at radius 2 is 1.64 bits per heavy atom. The Kier molecular flexibility index (Phi) is 14.0. The van der Waals surface area contributed by atoms with Gasteiger partial charge in [0, 0.05) is 42.0 Å². The van der Waals surface area contributed by atoms with Crippen LogP contribution in [0.1, 0.15) is 89.2 Å². The van der Waals surface area contributed by atoms with Crippen molar-refractivity contribution in [1.29, 1.82) is 0 Å². The summed E-state index contributed by atoms with van der Waals surface area (Å²) in [6, 6.07) is 16.0. The average molecular weight is 615 g/mol. The number of aryl methyl sites for hydroxylation is 1. The number of hydrogen-bond donors (Lipinski definition) is 1. The number of rotatable bonds is 12. The zero-order chi connectivity index (χ0) is 32.9. The Labute approximate surface area is 269 Å². The lowest BCUT2D eigenvalue weighted by molar-refractivity contribution is -0.155. The van der Waals surface area contributed by atoms with E-state index in [1.807, 2.05) is 43.3 Å². The second kappa shape index (κ2) is 17.6. The lowest BCUT2D eigenvalue weighted by Crippen LogP contribution is -2.24. The monoisotopic (exact) mass is 614 g/mol. The maximum absolute atomic E-state index is 13.0. The van der Waals surface area contributed by atoms with Crippen molar-refractivity contribution in [3.63, 3.8) is 0 Å². The van der Waals surface area contributed by atoms with Gasteiger partial charge in [-0.3, -0.25) is 4.79 Å². The van der Waals surface area contributed by atoms with Crippen molar-refractivity contribution in [2.75, 3.05) is 13.7 Å².